The van der Waals surface area contributed by atoms with E-state index >= 15 is 0 Å². The number of fused-ring (bicyclic) bond motifs is 1. The Bertz CT molecular complexity index is 796. The molecule has 3 rings (SSSR count). The second-order valence-corrected chi connectivity index (χ2v) is 6.54. The van der Waals surface area contributed by atoms with Gasteiger partial charge in [-0.15, -0.1) is 0 Å². The number of carbonyl (C=O) groups is 1. The third kappa shape index (κ3) is 5.61. The van der Waals surface area contributed by atoms with E-state index < -0.39 is 6.10 Å². The Kier molecular flexibility index (Phi) is 7.11. The summed E-state index contributed by atoms with van der Waals surface area (Å²) in [5.41, 5.74) is 1.89. The number of methoxy groups -OCH3 is 1. The van der Waals surface area contributed by atoms with Crippen molar-refractivity contribution >= 4 is 11.6 Å². The van der Waals surface area contributed by atoms with E-state index in [1.54, 1.807) is 13.2 Å². The summed E-state index contributed by atoms with van der Waals surface area (Å²) >= 11 is 0. The highest BCUT2D eigenvalue weighted by molar-refractivity contribution is 5.93. The van der Waals surface area contributed by atoms with Crippen LogP contribution in [0.5, 0.6) is 17.2 Å². The van der Waals surface area contributed by atoms with E-state index in [1.807, 2.05) is 36.4 Å². The van der Waals surface area contributed by atoms with E-state index in [4.69, 9.17) is 14.2 Å². The SMILES string of the molecule is COc1ccccc1OCCNCC(O)COc1ccc2c(c1)CCC(=O)N2. The quantitative estimate of drug-likeness (QED) is 0.541. The minimum Gasteiger partial charge on any atom is -0.493 e. The predicted octanol–water partition coefficient (Wildman–Crippen LogP) is 1.99. The Morgan fingerprint density at radius 1 is 1.14 bits per heavy atom. The number of carbonyl (C=O) groups excluding carboxylic acids is 1. The Balaban J connectivity index is 1.34. The van der Waals surface area contributed by atoms with Gasteiger partial charge in [0.15, 0.2) is 11.5 Å². The number of aryl methyl sites for hydroxylation is 1. The Morgan fingerprint density at radius 2 is 1.96 bits per heavy atom. The van der Waals surface area contributed by atoms with Gasteiger partial charge < -0.3 is 30.0 Å². The molecule has 0 saturated heterocycles. The minimum absolute atomic E-state index is 0.0392. The Morgan fingerprint density at radius 3 is 2.79 bits per heavy atom. The van der Waals surface area contributed by atoms with Crippen LogP contribution in [0.15, 0.2) is 42.5 Å². The topological polar surface area (TPSA) is 89.1 Å². The molecule has 0 aromatic heterocycles. The maximum absolute atomic E-state index is 11.4. The summed E-state index contributed by atoms with van der Waals surface area (Å²) in [6, 6.07) is 13.0. The average molecular weight is 386 g/mol. The average Bonchev–Trinajstić information content (AvgIpc) is 2.72. The predicted molar refractivity (Wildman–Crippen MR) is 106 cm³/mol. The summed E-state index contributed by atoms with van der Waals surface area (Å²) in [6.45, 7) is 1.64. The molecule has 0 saturated carbocycles. The molecule has 1 heterocycles. The number of hydrogen-bond donors (Lipinski definition) is 3. The first-order valence-corrected chi connectivity index (χ1v) is 9.36. The van der Waals surface area contributed by atoms with Crippen molar-refractivity contribution in [2.45, 2.75) is 18.9 Å². The number of anilines is 1. The molecule has 0 bridgehead atoms. The first-order chi connectivity index (χ1) is 13.7. The molecule has 0 radical (unpaired) electrons. The van der Waals surface area contributed by atoms with Crippen molar-refractivity contribution in [1.82, 2.24) is 5.32 Å². The van der Waals surface area contributed by atoms with Gasteiger partial charge in [0.05, 0.1) is 7.11 Å². The van der Waals surface area contributed by atoms with Gasteiger partial charge in [-0.25, -0.2) is 0 Å². The summed E-state index contributed by atoms with van der Waals surface area (Å²) in [5, 5.41) is 16.1. The van der Waals surface area contributed by atoms with Crippen LogP contribution in [0.2, 0.25) is 0 Å². The van der Waals surface area contributed by atoms with Gasteiger partial charge in [-0.05, 0) is 42.3 Å². The van der Waals surface area contributed by atoms with Crippen LogP contribution in [0.4, 0.5) is 5.69 Å². The van der Waals surface area contributed by atoms with Crippen molar-refractivity contribution in [2.24, 2.45) is 0 Å². The van der Waals surface area contributed by atoms with Crippen molar-refractivity contribution in [3.8, 4) is 17.2 Å². The molecule has 0 aliphatic carbocycles. The second kappa shape index (κ2) is 9.96. The lowest BCUT2D eigenvalue weighted by Crippen LogP contribution is -2.33. The first kappa shape index (κ1) is 20.0. The number of benzene rings is 2. The van der Waals surface area contributed by atoms with Crippen LogP contribution in [0.3, 0.4) is 0 Å². The molecule has 3 N–H and O–H groups in total. The molecule has 7 nitrogen and oxygen atoms in total. The van der Waals surface area contributed by atoms with E-state index in [0.717, 1.165) is 11.3 Å². The molecular formula is C21H26N2O5. The molecule has 1 amide bonds. The number of ether oxygens (including phenoxy) is 3. The normalized spacial score (nSPS) is 14.0. The molecule has 1 aliphatic rings. The van der Waals surface area contributed by atoms with Crippen molar-refractivity contribution in [1.29, 1.82) is 0 Å². The zero-order valence-corrected chi connectivity index (χ0v) is 15.9. The van der Waals surface area contributed by atoms with Crippen molar-refractivity contribution in [2.75, 3.05) is 38.7 Å². The van der Waals surface area contributed by atoms with Crippen molar-refractivity contribution < 1.29 is 24.1 Å². The second-order valence-electron chi connectivity index (χ2n) is 6.54. The van der Waals surface area contributed by atoms with E-state index in [9.17, 15) is 9.90 Å². The van der Waals surface area contributed by atoms with Crippen LogP contribution < -0.4 is 24.8 Å². The molecule has 0 spiro atoms. The van der Waals surface area contributed by atoms with Gasteiger partial charge in [-0.1, -0.05) is 12.1 Å². The number of para-hydroxylation sites is 2. The molecule has 0 fully saturated rings. The summed E-state index contributed by atoms with van der Waals surface area (Å²) in [7, 11) is 1.61. The molecule has 2 aromatic carbocycles. The lowest BCUT2D eigenvalue weighted by molar-refractivity contribution is -0.116. The van der Waals surface area contributed by atoms with Crippen LogP contribution in [-0.4, -0.2) is 50.5 Å². The largest absolute Gasteiger partial charge is 0.493 e. The summed E-state index contributed by atoms with van der Waals surface area (Å²) in [5.74, 6) is 2.12. The zero-order valence-electron chi connectivity index (χ0n) is 15.9. The lowest BCUT2D eigenvalue weighted by Gasteiger charge is -2.18. The fourth-order valence-electron chi connectivity index (χ4n) is 2.94. The van der Waals surface area contributed by atoms with E-state index in [2.05, 4.69) is 10.6 Å². The molecule has 2 aromatic rings. The standard InChI is InChI=1S/C21H26N2O5/c1-26-19-4-2-3-5-20(19)27-11-10-22-13-16(24)14-28-17-7-8-18-15(12-17)6-9-21(25)23-18/h2-5,7-8,12,16,22,24H,6,9-11,13-14H2,1H3,(H,23,25). The summed E-state index contributed by atoms with van der Waals surface area (Å²) in [4.78, 5) is 11.4. The van der Waals surface area contributed by atoms with Crippen molar-refractivity contribution in [3.05, 3.63) is 48.0 Å². The van der Waals surface area contributed by atoms with Crippen LogP contribution in [0, 0.1) is 0 Å². The van der Waals surface area contributed by atoms with Crippen LogP contribution in [0.25, 0.3) is 0 Å². The highest BCUT2D eigenvalue weighted by Crippen LogP contribution is 2.27. The fraction of sp³-hybridized carbons (Fsp3) is 0.381. The third-order valence-electron chi connectivity index (χ3n) is 4.40. The third-order valence-corrected chi connectivity index (χ3v) is 4.40. The van der Waals surface area contributed by atoms with Crippen LogP contribution in [-0.2, 0) is 11.2 Å². The summed E-state index contributed by atoms with van der Waals surface area (Å²) < 4.78 is 16.6. The van der Waals surface area contributed by atoms with Gasteiger partial charge in [0.1, 0.15) is 25.1 Å². The van der Waals surface area contributed by atoms with Crippen LogP contribution in [0.1, 0.15) is 12.0 Å². The number of aliphatic hydroxyl groups is 1. The number of aliphatic hydroxyl groups excluding tert-OH is 1. The monoisotopic (exact) mass is 386 g/mol. The highest BCUT2D eigenvalue weighted by Gasteiger charge is 2.15. The van der Waals surface area contributed by atoms with Crippen molar-refractivity contribution in [3.63, 3.8) is 0 Å². The highest BCUT2D eigenvalue weighted by atomic mass is 16.5. The number of nitrogens with one attached hydrogen (secondary N) is 2. The number of rotatable bonds is 10. The Hall–Kier alpha value is -2.77. The van der Waals surface area contributed by atoms with Gasteiger partial charge >= 0.3 is 0 Å². The first-order valence-electron chi connectivity index (χ1n) is 9.36. The molecule has 7 heteroatoms. The fourth-order valence-corrected chi connectivity index (χ4v) is 2.94. The molecule has 1 aliphatic heterocycles. The van der Waals surface area contributed by atoms with Gasteiger partial charge in [0, 0.05) is 25.2 Å². The molecule has 150 valence electrons. The van der Waals surface area contributed by atoms with E-state index in [0.29, 0.717) is 49.8 Å². The number of hydrogen-bond acceptors (Lipinski definition) is 6. The molecule has 1 atom stereocenters. The molecule has 28 heavy (non-hydrogen) atoms. The number of amides is 1. The van der Waals surface area contributed by atoms with Gasteiger partial charge in [0.25, 0.3) is 0 Å². The molecular weight excluding hydrogens is 360 g/mol. The van der Waals surface area contributed by atoms with E-state index in [-0.39, 0.29) is 12.5 Å². The zero-order chi connectivity index (χ0) is 19.8. The molecule has 1 unspecified atom stereocenters. The summed E-state index contributed by atoms with van der Waals surface area (Å²) in [6.07, 6.45) is 0.552. The Labute approximate surface area is 164 Å². The maximum atomic E-state index is 11.4. The van der Waals surface area contributed by atoms with Crippen LogP contribution >= 0.6 is 0 Å². The van der Waals surface area contributed by atoms with Gasteiger partial charge in [-0.2, -0.15) is 0 Å². The van der Waals surface area contributed by atoms with E-state index in [1.165, 1.54) is 0 Å². The maximum Gasteiger partial charge on any atom is 0.224 e. The van der Waals surface area contributed by atoms with Gasteiger partial charge in [0.2, 0.25) is 5.91 Å². The van der Waals surface area contributed by atoms with Gasteiger partial charge in [-0.3, -0.25) is 4.79 Å². The smallest absolute Gasteiger partial charge is 0.224 e. The lowest BCUT2D eigenvalue weighted by atomic mass is 10.0. The minimum atomic E-state index is -0.637.